The standard InChI is InChI=1S/C20H16ClNO5S2/c1-26-15-4-2-3-13(18(15)27-11-12-5-7-14(21)8-6-12)9-16-19(25)22(10-17(23)24)20(28)29-16/h2-9H,10-11H2,1H3,(H,23,24)/b16-9+. The summed E-state index contributed by atoms with van der Waals surface area (Å²) in [6.45, 7) is -0.196. The van der Waals surface area contributed by atoms with E-state index in [4.69, 9.17) is 38.4 Å². The molecule has 0 unspecified atom stereocenters. The van der Waals surface area contributed by atoms with E-state index in [9.17, 15) is 9.59 Å². The number of methoxy groups -OCH3 is 1. The minimum atomic E-state index is -1.13. The number of hydrogen-bond donors (Lipinski definition) is 1. The van der Waals surface area contributed by atoms with Crippen molar-refractivity contribution in [2.45, 2.75) is 6.61 Å². The number of para-hydroxylation sites is 1. The van der Waals surface area contributed by atoms with Crippen LogP contribution in [0.15, 0.2) is 47.4 Å². The topological polar surface area (TPSA) is 76.1 Å². The van der Waals surface area contributed by atoms with Crippen molar-refractivity contribution in [3.8, 4) is 11.5 Å². The number of amides is 1. The van der Waals surface area contributed by atoms with Gasteiger partial charge < -0.3 is 14.6 Å². The number of carbonyl (C=O) groups excluding carboxylic acids is 1. The molecule has 9 heteroatoms. The van der Waals surface area contributed by atoms with Crippen LogP contribution in [0.3, 0.4) is 0 Å². The zero-order valence-corrected chi connectivity index (χ0v) is 17.6. The number of carboxylic acids is 1. The van der Waals surface area contributed by atoms with Crippen LogP contribution in [0.5, 0.6) is 11.5 Å². The number of thiocarbonyl (C=S) groups is 1. The number of aliphatic carboxylic acids is 1. The summed E-state index contributed by atoms with van der Waals surface area (Å²) < 4.78 is 11.6. The Bertz CT molecular complexity index is 991. The normalized spacial score (nSPS) is 15.1. The highest BCUT2D eigenvalue weighted by Crippen LogP contribution is 2.37. The predicted octanol–water partition coefficient (Wildman–Crippen LogP) is 4.21. The van der Waals surface area contributed by atoms with Crippen molar-refractivity contribution in [1.29, 1.82) is 0 Å². The van der Waals surface area contributed by atoms with Gasteiger partial charge in [0.25, 0.3) is 5.91 Å². The Balaban J connectivity index is 1.88. The van der Waals surface area contributed by atoms with Crippen LogP contribution < -0.4 is 9.47 Å². The van der Waals surface area contributed by atoms with Crippen LogP contribution in [-0.4, -0.2) is 39.9 Å². The summed E-state index contributed by atoms with van der Waals surface area (Å²) in [5.41, 5.74) is 1.54. The lowest BCUT2D eigenvalue weighted by Crippen LogP contribution is -2.33. The van der Waals surface area contributed by atoms with Gasteiger partial charge in [0.1, 0.15) is 17.5 Å². The number of carbonyl (C=O) groups is 2. The maximum Gasteiger partial charge on any atom is 0.323 e. The number of ether oxygens (including phenoxy) is 2. The smallest absolute Gasteiger partial charge is 0.323 e. The second-order valence-electron chi connectivity index (χ2n) is 5.96. The molecule has 29 heavy (non-hydrogen) atoms. The van der Waals surface area contributed by atoms with Gasteiger partial charge in [-0.1, -0.05) is 59.8 Å². The second-order valence-corrected chi connectivity index (χ2v) is 8.07. The van der Waals surface area contributed by atoms with Gasteiger partial charge in [-0.15, -0.1) is 0 Å². The first kappa shape index (κ1) is 21.2. The number of rotatable bonds is 7. The molecular weight excluding hydrogens is 434 g/mol. The van der Waals surface area contributed by atoms with E-state index in [1.54, 1.807) is 36.4 Å². The molecule has 0 spiro atoms. The van der Waals surface area contributed by atoms with E-state index in [1.807, 2.05) is 12.1 Å². The third-order valence-electron chi connectivity index (χ3n) is 3.98. The number of thioether (sulfide) groups is 1. The van der Waals surface area contributed by atoms with Crippen LogP contribution in [0.25, 0.3) is 6.08 Å². The van der Waals surface area contributed by atoms with Crippen molar-refractivity contribution in [2.24, 2.45) is 0 Å². The molecule has 1 saturated heterocycles. The summed E-state index contributed by atoms with van der Waals surface area (Å²) in [7, 11) is 1.53. The SMILES string of the molecule is COc1cccc(/C=C2/SC(=S)N(CC(=O)O)C2=O)c1OCc1ccc(Cl)cc1. The lowest BCUT2D eigenvalue weighted by atomic mass is 10.1. The lowest BCUT2D eigenvalue weighted by molar-refractivity contribution is -0.140. The second kappa shape index (κ2) is 9.30. The van der Waals surface area contributed by atoms with E-state index >= 15 is 0 Å². The number of hydrogen-bond acceptors (Lipinski definition) is 6. The number of nitrogens with zero attached hydrogens (tertiary/aromatic N) is 1. The highest BCUT2D eigenvalue weighted by atomic mass is 35.5. The molecule has 1 aliphatic heterocycles. The maximum atomic E-state index is 12.5. The van der Waals surface area contributed by atoms with E-state index in [0.717, 1.165) is 22.2 Å². The molecule has 1 N–H and O–H groups in total. The summed E-state index contributed by atoms with van der Waals surface area (Å²) in [6, 6.07) is 12.6. The average molecular weight is 450 g/mol. The van der Waals surface area contributed by atoms with Gasteiger partial charge in [0, 0.05) is 10.6 Å². The highest BCUT2D eigenvalue weighted by Gasteiger charge is 2.33. The molecule has 2 aromatic rings. The largest absolute Gasteiger partial charge is 0.493 e. The minimum Gasteiger partial charge on any atom is -0.493 e. The first-order valence-electron chi connectivity index (χ1n) is 8.40. The fourth-order valence-electron chi connectivity index (χ4n) is 2.61. The van der Waals surface area contributed by atoms with Crippen molar-refractivity contribution in [2.75, 3.05) is 13.7 Å². The predicted molar refractivity (Wildman–Crippen MR) is 116 cm³/mol. The molecule has 1 amide bonds. The fraction of sp³-hybridized carbons (Fsp3) is 0.150. The van der Waals surface area contributed by atoms with Crippen LogP contribution >= 0.6 is 35.6 Å². The first-order valence-corrected chi connectivity index (χ1v) is 10.0. The quantitative estimate of drug-likeness (QED) is 0.501. The molecule has 0 aliphatic carbocycles. The molecule has 2 aromatic carbocycles. The molecule has 1 fully saturated rings. The zero-order chi connectivity index (χ0) is 21.0. The molecule has 0 aromatic heterocycles. The Morgan fingerprint density at radius 2 is 2.00 bits per heavy atom. The van der Waals surface area contributed by atoms with Crippen LogP contribution in [0.4, 0.5) is 0 Å². The molecule has 0 saturated carbocycles. The van der Waals surface area contributed by atoms with Crippen molar-refractivity contribution < 1.29 is 24.2 Å². The Hall–Kier alpha value is -2.55. The molecule has 0 bridgehead atoms. The molecule has 1 heterocycles. The summed E-state index contributed by atoms with van der Waals surface area (Å²) in [5, 5.41) is 9.60. The summed E-state index contributed by atoms with van der Waals surface area (Å²) in [6.07, 6.45) is 1.63. The third-order valence-corrected chi connectivity index (χ3v) is 5.61. The Labute approximate surface area is 182 Å². The van der Waals surface area contributed by atoms with Crippen LogP contribution in [0.1, 0.15) is 11.1 Å². The average Bonchev–Trinajstić information content (AvgIpc) is 2.95. The monoisotopic (exact) mass is 449 g/mol. The summed E-state index contributed by atoms with van der Waals surface area (Å²) in [5.74, 6) is -0.605. The number of benzene rings is 2. The van der Waals surface area contributed by atoms with E-state index in [0.29, 0.717) is 27.0 Å². The summed E-state index contributed by atoms with van der Waals surface area (Å²) >= 11 is 12.1. The first-order chi connectivity index (χ1) is 13.9. The van der Waals surface area contributed by atoms with Gasteiger partial charge in [0.05, 0.1) is 12.0 Å². The van der Waals surface area contributed by atoms with Crippen LogP contribution in [0, 0.1) is 0 Å². The molecule has 3 rings (SSSR count). The van der Waals surface area contributed by atoms with Crippen molar-refractivity contribution >= 4 is 57.9 Å². The molecule has 6 nitrogen and oxygen atoms in total. The maximum absolute atomic E-state index is 12.5. The van der Waals surface area contributed by atoms with Crippen molar-refractivity contribution in [3.63, 3.8) is 0 Å². The van der Waals surface area contributed by atoms with Gasteiger partial charge in [-0.05, 0) is 29.8 Å². The van der Waals surface area contributed by atoms with Gasteiger partial charge >= 0.3 is 5.97 Å². The number of carboxylic acid groups (broad SMARTS) is 1. The van der Waals surface area contributed by atoms with Crippen LogP contribution in [-0.2, 0) is 16.2 Å². The van der Waals surface area contributed by atoms with Gasteiger partial charge in [-0.3, -0.25) is 14.5 Å². The van der Waals surface area contributed by atoms with Crippen molar-refractivity contribution in [3.05, 3.63) is 63.5 Å². The third kappa shape index (κ3) is 5.09. The molecule has 150 valence electrons. The lowest BCUT2D eigenvalue weighted by Gasteiger charge is -2.14. The molecular formula is C20H16ClNO5S2. The van der Waals surface area contributed by atoms with Gasteiger partial charge in [-0.25, -0.2) is 0 Å². The van der Waals surface area contributed by atoms with Gasteiger partial charge in [0.15, 0.2) is 11.5 Å². The molecule has 0 radical (unpaired) electrons. The minimum absolute atomic E-state index is 0.204. The van der Waals surface area contributed by atoms with E-state index in [2.05, 4.69) is 0 Å². The number of halogens is 1. The fourth-order valence-corrected chi connectivity index (χ4v) is 3.98. The Morgan fingerprint density at radius 3 is 2.66 bits per heavy atom. The van der Waals surface area contributed by atoms with Gasteiger partial charge in [0.2, 0.25) is 0 Å². The van der Waals surface area contributed by atoms with E-state index in [-0.39, 0.29) is 10.9 Å². The Morgan fingerprint density at radius 1 is 1.28 bits per heavy atom. The van der Waals surface area contributed by atoms with Crippen molar-refractivity contribution in [1.82, 2.24) is 4.90 Å². The van der Waals surface area contributed by atoms with Gasteiger partial charge in [-0.2, -0.15) is 0 Å². The zero-order valence-electron chi connectivity index (χ0n) is 15.3. The molecule has 1 aliphatic rings. The summed E-state index contributed by atoms with van der Waals surface area (Å²) in [4.78, 5) is 24.9. The van der Waals surface area contributed by atoms with Crippen LogP contribution in [0.2, 0.25) is 5.02 Å². The Kier molecular flexibility index (Phi) is 6.79. The van der Waals surface area contributed by atoms with E-state index in [1.165, 1.54) is 7.11 Å². The van der Waals surface area contributed by atoms with E-state index < -0.39 is 18.4 Å². The highest BCUT2D eigenvalue weighted by molar-refractivity contribution is 8.26. The molecule has 0 atom stereocenters.